The molecule has 2 aromatic rings. The van der Waals surface area contributed by atoms with Gasteiger partial charge in [0.2, 0.25) is 11.8 Å². The van der Waals surface area contributed by atoms with Gasteiger partial charge in [-0.25, -0.2) is 13.2 Å². The maximum Gasteiger partial charge on any atom is 0.315 e. The minimum Gasteiger partial charge on any atom is -0.390 e. The number of hydrogen-bond donors (Lipinski definition) is 5. The molecule has 4 amide bonds. The van der Waals surface area contributed by atoms with Gasteiger partial charge < -0.3 is 26.4 Å². The van der Waals surface area contributed by atoms with E-state index in [1.807, 2.05) is 81.4 Å². The maximum absolute atomic E-state index is 14.2. The summed E-state index contributed by atoms with van der Waals surface area (Å²) in [5.74, 6) is 0.0717. The van der Waals surface area contributed by atoms with Crippen LogP contribution in [0, 0.1) is 11.8 Å². The molecule has 1 saturated heterocycles. The number of fused-ring (bicyclic) bond motifs is 1. The number of amides is 4. The molecule has 0 spiro atoms. The summed E-state index contributed by atoms with van der Waals surface area (Å²) in [4.78, 5) is 43.0. The summed E-state index contributed by atoms with van der Waals surface area (Å²) in [6, 6.07) is 15.2. The predicted octanol–water partition coefficient (Wildman–Crippen LogP) is 3.56. The van der Waals surface area contributed by atoms with Gasteiger partial charge in [0.25, 0.3) is 0 Å². The highest BCUT2D eigenvalue weighted by molar-refractivity contribution is 7.92. The van der Waals surface area contributed by atoms with Crippen molar-refractivity contribution in [1.29, 1.82) is 0 Å². The summed E-state index contributed by atoms with van der Waals surface area (Å²) in [5.41, 5.74) is 1.28. The summed E-state index contributed by atoms with van der Waals surface area (Å²) in [7, 11) is -3.86. The summed E-state index contributed by atoms with van der Waals surface area (Å²) in [6.45, 7) is 9.64. The average Bonchev–Trinajstić information content (AvgIpc) is 3.05. The van der Waals surface area contributed by atoms with Crippen LogP contribution in [0.2, 0.25) is 0 Å². The first kappa shape index (κ1) is 39.3. The number of sulfone groups is 1. The molecule has 6 atom stereocenters. The lowest BCUT2D eigenvalue weighted by atomic mass is 9.72. The number of benzene rings is 2. The second kappa shape index (κ2) is 16.7. The summed E-state index contributed by atoms with van der Waals surface area (Å²) in [5, 5.41) is 23.3. The van der Waals surface area contributed by atoms with E-state index in [9.17, 15) is 27.9 Å². The van der Waals surface area contributed by atoms with Crippen LogP contribution in [0.15, 0.2) is 60.7 Å². The number of carbonyl (C=O) groups excluding carboxylic acids is 3. The molecule has 2 aromatic carbocycles. The van der Waals surface area contributed by atoms with Gasteiger partial charge in [-0.1, -0.05) is 79.9 Å². The molecular weight excluding hydrogens is 655 g/mol. The van der Waals surface area contributed by atoms with Gasteiger partial charge >= 0.3 is 6.03 Å². The zero-order valence-corrected chi connectivity index (χ0v) is 31.3. The molecular formula is C38H57N5O6S. The van der Waals surface area contributed by atoms with Gasteiger partial charge in [0, 0.05) is 31.4 Å². The van der Waals surface area contributed by atoms with Crippen LogP contribution in [0.5, 0.6) is 0 Å². The van der Waals surface area contributed by atoms with E-state index in [4.69, 9.17) is 0 Å². The van der Waals surface area contributed by atoms with Gasteiger partial charge in [-0.2, -0.15) is 0 Å². The Morgan fingerprint density at radius 2 is 1.46 bits per heavy atom. The third-order valence-electron chi connectivity index (χ3n) is 10.3. The molecule has 0 aromatic heterocycles. The molecule has 4 rings (SSSR count). The highest BCUT2D eigenvalue weighted by Crippen LogP contribution is 2.39. The van der Waals surface area contributed by atoms with Crippen LogP contribution in [0.25, 0.3) is 0 Å². The molecule has 1 aliphatic heterocycles. The highest BCUT2D eigenvalue weighted by atomic mass is 32.2. The van der Waals surface area contributed by atoms with Crippen molar-refractivity contribution < 1.29 is 27.9 Å². The first-order valence-corrected chi connectivity index (χ1v) is 19.7. The molecule has 0 radical (unpaired) electrons. The van der Waals surface area contributed by atoms with E-state index >= 15 is 0 Å². The SMILES string of the molecule is CC(C)(C)NC(=O)[C@@H]1CC2CCCCC2CN1C[C@@H](O)[C@H](Cc1ccccc1)NC(=O)[C@@H](NC(=O)NCc1ccccc1)C(C)(C)S(C)(=O)=O. The number of piperidine rings is 1. The van der Waals surface area contributed by atoms with Crippen LogP contribution >= 0.6 is 0 Å². The fraction of sp³-hybridized carbons (Fsp3) is 0.605. The molecule has 1 saturated carbocycles. The van der Waals surface area contributed by atoms with E-state index < -0.39 is 56.3 Å². The molecule has 2 fully saturated rings. The third kappa shape index (κ3) is 10.8. The Bertz CT molecular complexity index is 1550. The van der Waals surface area contributed by atoms with Crippen LogP contribution < -0.4 is 21.3 Å². The number of nitrogens with one attached hydrogen (secondary N) is 4. The number of aliphatic hydroxyl groups is 1. The van der Waals surface area contributed by atoms with Crippen molar-refractivity contribution >= 4 is 27.7 Å². The zero-order valence-electron chi connectivity index (χ0n) is 30.4. The third-order valence-corrected chi connectivity index (χ3v) is 12.4. The number of carbonyl (C=O) groups is 3. The van der Waals surface area contributed by atoms with Gasteiger partial charge in [0.1, 0.15) is 6.04 Å². The normalized spacial score (nSPS) is 21.9. The number of likely N-dealkylation sites (tertiary alicyclic amines) is 1. The fourth-order valence-corrected chi connectivity index (χ4v) is 7.74. The molecule has 50 heavy (non-hydrogen) atoms. The summed E-state index contributed by atoms with van der Waals surface area (Å²) >= 11 is 0. The summed E-state index contributed by atoms with van der Waals surface area (Å²) in [6.07, 6.45) is 5.35. The number of nitrogens with zero attached hydrogens (tertiary/aromatic N) is 1. The monoisotopic (exact) mass is 711 g/mol. The van der Waals surface area contributed by atoms with Crippen LogP contribution in [0.1, 0.15) is 77.8 Å². The van der Waals surface area contributed by atoms with E-state index in [0.29, 0.717) is 24.8 Å². The lowest BCUT2D eigenvalue weighted by Gasteiger charge is -2.47. The molecule has 12 heteroatoms. The minimum atomic E-state index is -3.86. The predicted molar refractivity (Wildman–Crippen MR) is 196 cm³/mol. The average molecular weight is 712 g/mol. The molecule has 2 unspecified atom stereocenters. The van der Waals surface area contributed by atoms with Crippen molar-refractivity contribution in [2.75, 3.05) is 19.3 Å². The van der Waals surface area contributed by atoms with Crippen molar-refractivity contribution in [3.8, 4) is 0 Å². The number of aliphatic hydroxyl groups excluding tert-OH is 1. The quantitative estimate of drug-likeness (QED) is 0.213. The van der Waals surface area contributed by atoms with Crippen LogP contribution in [-0.2, 0) is 32.4 Å². The second-order valence-corrected chi connectivity index (χ2v) is 18.3. The van der Waals surface area contributed by atoms with Crippen LogP contribution in [0.3, 0.4) is 0 Å². The van der Waals surface area contributed by atoms with Gasteiger partial charge in [-0.3, -0.25) is 14.5 Å². The largest absolute Gasteiger partial charge is 0.390 e. The molecule has 276 valence electrons. The number of urea groups is 1. The number of β-amino-alcohol motifs (C(OH)–C–C–N with tert-alkyl or cyclic N) is 1. The highest BCUT2D eigenvalue weighted by Gasteiger charge is 2.46. The minimum absolute atomic E-state index is 0.0713. The van der Waals surface area contributed by atoms with E-state index in [1.165, 1.54) is 13.8 Å². The van der Waals surface area contributed by atoms with E-state index in [2.05, 4.69) is 26.2 Å². The smallest absolute Gasteiger partial charge is 0.315 e. The van der Waals surface area contributed by atoms with Gasteiger partial charge in [-0.15, -0.1) is 0 Å². The Hall–Kier alpha value is -3.48. The Balaban J connectivity index is 1.58. The van der Waals surface area contributed by atoms with Gasteiger partial charge in [0.05, 0.1) is 22.9 Å². The zero-order chi connectivity index (χ0) is 36.7. The van der Waals surface area contributed by atoms with Crippen LogP contribution in [-0.4, -0.2) is 90.1 Å². The Labute approximate surface area is 298 Å². The van der Waals surface area contributed by atoms with Crippen molar-refractivity contribution in [1.82, 2.24) is 26.2 Å². The molecule has 1 heterocycles. The maximum atomic E-state index is 14.2. The van der Waals surface area contributed by atoms with Crippen molar-refractivity contribution in [2.24, 2.45) is 11.8 Å². The summed E-state index contributed by atoms with van der Waals surface area (Å²) < 4.78 is 24.3. The molecule has 11 nitrogen and oxygen atoms in total. The Morgan fingerprint density at radius 3 is 2.04 bits per heavy atom. The van der Waals surface area contributed by atoms with E-state index in [0.717, 1.165) is 43.1 Å². The van der Waals surface area contributed by atoms with E-state index in [1.54, 1.807) is 0 Å². The van der Waals surface area contributed by atoms with Crippen molar-refractivity contribution in [3.63, 3.8) is 0 Å². The first-order valence-electron chi connectivity index (χ1n) is 17.8. The standard InChI is InChI=1S/C38H57N5O6S/c1-37(2,3)42-34(45)31-22-28-19-13-14-20-29(28)24-43(31)25-32(44)30(21-26-15-9-7-10-16-26)40-35(46)33(38(4,5)50(6,48)49)41-36(47)39-23-27-17-11-8-12-18-27/h7-12,15-18,28-33,44H,13-14,19-25H2,1-6H3,(H,40,46)(H,42,45)(H2,39,41,47)/t28?,29?,30-,31-,32+,33+/m0/s1. The number of hydrogen-bond acceptors (Lipinski definition) is 7. The molecule has 0 bridgehead atoms. The first-order chi connectivity index (χ1) is 23.4. The van der Waals surface area contributed by atoms with Crippen molar-refractivity contribution in [3.05, 3.63) is 71.8 Å². The van der Waals surface area contributed by atoms with Gasteiger partial charge in [0.15, 0.2) is 9.84 Å². The van der Waals surface area contributed by atoms with Gasteiger partial charge in [-0.05, 0) is 76.8 Å². The Morgan fingerprint density at radius 1 is 0.880 bits per heavy atom. The fourth-order valence-electron chi connectivity index (χ4n) is 7.14. The lowest BCUT2D eigenvalue weighted by molar-refractivity contribution is -0.133. The Kier molecular flexibility index (Phi) is 13.1. The molecule has 2 aliphatic rings. The molecule has 1 aliphatic carbocycles. The van der Waals surface area contributed by atoms with Crippen molar-refractivity contribution in [2.45, 2.75) is 114 Å². The topological polar surface area (TPSA) is 157 Å². The number of rotatable bonds is 13. The van der Waals surface area contributed by atoms with Crippen LogP contribution in [0.4, 0.5) is 4.79 Å². The van der Waals surface area contributed by atoms with E-state index in [-0.39, 0.29) is 25.4 Å². The molecule has 5 N–H and O–H groups in total. The second-order valence-electron chi connectivity index (χ2n) is 15.7. The lowest BCUT2D eigenvalue weighted by Crippen LogP contribution is -2.64.